The Morgan fingerprint density at radius 1 is 0.509 bits per heavy atom. The number of aromatic nitrogens is 2. The fourth-order valence-electron chi connectivity index (χ4n) is 5.85. The molecule has 7 rings (SSSR count). The first-order valence-electron chi connectivity index (χ1n) is 21.0. The summed E-state index contributed by atoms with van der Waals surface area (Å²) in [6, 6.07) is 35.4. The zero-order chi connectivity index (χ0) is 42.8. The lowest BCUT2D eigenvalue weighted by Crippen LogP contribution is -2.32. The summed E-state index contributed by atoms with van der Waals surface area (Å²) in [7, 11) is 0. The lowest BCUT2D eigenvalue weighted by molar-refractivity contribution is -0.0691. The van der Waals surface area contributed by atoms with Crippen LogP contribution in [0.1, 0.15) is 110 Å². The largest absolute Gasteiger partial charge is 0.381 e. The molecule has 3 atom stereocenters. The first-order valence-corrected chi connectivity index (χ1v) is 21.0. The maximum atomic E-state index is 5.54. The van der Waals surface area contributed by atoms with Crippen molar-refractivity contribution in [1.82, 2.24) is 9.97 Å². The van der Waals surface area contributed by atoms with Crippen LogP contribution in [-0.4, -0.2) is 35.4 Å². The van der Waals surface area contributed by atoms with Crippen molar-refractivity contribution in [3.63, 3.8) is 0 Å². The van der Waals surface area contributed by atoms with Crippen LogP contribution in [0.3, 0.4) is 0 Å². The number of hydrogen-bond acceptors (Lipinski definition) is 4. The molecule has 1 unspecified atom stereocenters. The fraction of sp³-hybridized carbons (Fsp3) is 0.472. The van der Waals surface area contributed by atoms with Gasteiger partial charge in [0.15, 0.2) is 0 Å². The highest BCUT2D eigenvalue weighted by atomic mass is 16.5. The lowest BCUT2D eigenvalue weighted by Gasteiger charge is -2.33. The molecule has 2 fully saturated rings. The van der Waals surface area contributed by atoms with E-state index in [1.165, 1.54) is 58.2 Å². The SMILES string of the molecule is CC1COCC[C@H]1C.C[C@@H]1CCOC(C)(C)C1.Cc1ccc(C)cc1.Cc1ccc(C)nc1.Cc1cccc(C)c1.Cc1cccc(C)n1.Cc1ccccc1C. The molecule has 2 aliphatic rings. The van der Waals surface area contributed by atoms with E-state index in [0.717, 1.165) is 54.7 Å². The average Bonchev–Trinajstić information content (AvgIpc) is 3.14. The van der Waals surface area contributed by atoms with Gasteiger partial charge in [0, 0.05) is 43.1 Å². The summed E-state index contributed by atoms with van der Waals surface area (Å²) in [6.45, 7) is 34.7. The van der Waals surface area contributed by atoms with Gasteiger partial charge in [-0.3, -0.25) is 9.97 Å². The van der Waals surface area contributed by atoms with Gasteiger partial charge >= 0.3 is 0 Å². The molecule has 0 spiro atoms. The quantitative estimate of drug-likeness (QED) is 0.157. The number of nitrogens with zero attached hydrogens (tertiary/aromatic N) is 2. The van der Waals surface area contributed by atoms with Crippen LogP contribution in [0.4, 0.5) is 0 Å². The second kappa shape index (κ2) is 28.3. The van der Waals surface area contributed by atoms with Gasteiger partial charge in [-0.25, -0.2) is 0 Å². The van der Waals surface area contributed by atoms with Crippen molar-refractivity contribution in [2.45, 2.75) is 129 Å². The van der Waals surface area contributed by atoms with Crippen molar-refractivity contribution in [1.29, 1.82) is 0 Å². The number of aryl methyl sites for hydroxylation is 10. The average molecular weight is 775 g/mol. The molecule has 4 nitrogen and oxygen atoms in total. The minimum Gasteiger partial charge on any atom is -0.381 e. The van der Waals surface area contributed by atoms with Gasteiger partial charge in [-0.05, 0) is 155 Å². The molecule has 0 radical (unpaired) electrons. The van der Waals surface area contributed by atoms with E-state index in [0.29, 0.717) is 0 Å². The molecule has 4 heteroatoms. The van der Waals surface area contributed by atoms with E-state index >= 15 is 0 Å². The molecule has 3 aromatic carbocycles. The number of pyridine rings is 2. The number of rotatable bonds is 0. The fourth-order valence-corrected chi connectivity index (χ4v) is 5.85. The molecule has 0 bridgehead atoms. The summed E-state index contributed by atoms with van der Waals surface area (Å²) in [5, 5.41) is 0. The Morgan fingerprint density at radius 2 is 1.02 bits per heavy atom. The van der Waals surface area contributed by atoms with Gasteiger partial charge in [0.2, 0.25) is 0 Å². The van der Waals surface area contributed by atoms with Crippen LogP contribution in [0.15, 0.2) is 109 Å². The molecule has 2 aromatic heterocycles. The van der Waals surface area contributed by atoms with Crippen LogP contribution in [0.2, 0.25) is 0 Å². The number of hydrogen-bond donors (Lipinski definition) is 0. The molecule has 312 valence electrons. The minimum absolute atomic E-state index is 0.150. The molecule has 0 amide bonds. The van der Waals surface area contributed by atoms with Gasteiger partial charge in [-0.1, -0.05) is 128 Å². The Labute approximate surface area is 349 Å². The smallest absolute Gasteiger partial charge is 0.0629 e. The Hall–Kier alpha value is -4.12. The second-order valence-corrected chi connectivity index (χ2v) is 16.8. The molecule has 57 heavy (non-hydrogen) atoms. The van der Waals surface area contributed by atoms with Crippen molar-refractivity contribution >= 4 is 0 Å². The monoisotopic (exact) mass is 775 g/mol. The highest BCUT2D eigenvalue weighted by Gasteiger charge is 2.25. The Kier molecular flexibility index (Phi) is 25.3. The van der Waals surface area contributed by atoms with Crippen LogP contribution in [0.25, 0.3) is 0 Å². The Bertz CT molecular complexity index is 1570. The number of ether oxygens (including phenoxy) is 2. The first kappa shape index (κ1) is 50.9. The maximum Gasteiger partial charge on any atom is 0.0629 e. The topological polar surface area (TPSA) is 44.2 Å². The van der Waals surface area contributed by atoms with Crippen LogP contribution >= 0.6 is 0 Å². The highest BCUT2D eigenvalue weighted by Crippen LogP contribution is 2.27. The third-order valence-corrected chi connectivity index (χ3v) is 9.92. The normalized spacial score (nSPS) is 17.5. The van der Waals surface area contributed by atoms with Crippen molar-refractivity contribution in [2.24, 2.45) is 17.8 Å². The Balaban J connectivity index is 0.000000333. The summed E-state index contributed by atoms with van der Waals surface area (Å²) < 4.78 is 10.8. The van der Waals surface area contributed by atoms with Gasteiger partial charge < -0.3 is 9.47 Å². The summed E-state index contributed by atoms with van der Waals surface area (Å²) >= 11 is 0. The molecule has 5 aromatic rings. The summed E-state index contributed by atoms with van der Waals surface area (Å²) in [5.41, 5.74) is 12.7. The van der Waals surface area contributed by atoms with E-state index in [9.17, 15) is 0 Å². The standard InChI is InChI=1S/C8H16O.3C8H10.2C7H9N.C7H14O/c1-7-4-5-9-8(2,3)6-7;1-7-3-5-8(2)6-4-7;1-7-4-3-5-8(2)6-7;1-7-5-3-4-6-8(7)2;1-6-3-4-7(2)8-5-6;1-6-4-3-5-7(2)8-6;1-6-3-4-8-5-7(6)2/h7H,4-6H2,1-3H3;3*3-6H,1-2H3;2*3-5H,1-2H3;6-7H,3-5H2,1-2H3/t7-;;;;;;6-,7?/m1.....1/s1. The Morgan fingerprint density at radius 3 is 1.32 bits per heavy atom. The van der Waals surface area contributed by atoms with Gasteiger partial charge in [0.05, 0.1) is 5.60 Å². The zero-order valence-corrected chi connectivity index (χ0v) is 38.6. The zero-order valence-electron chi connectivity index (χ0n) is 38.6. The van der Waals surface area contributed by atoms with Crippen molar-refractivity contribution in [3.05, 3.63) is 165 Å². The van der Waals surface area contributed by atoms with Gasteiger partial charge in [0.1, 0.15) is 0 Å². The maximum absolute atomic E-state index is 5.54. The predicted molar refractivity (Wildman–Crippen MR) is 247 cm³/mol. The molecule has 4 heterocycles. The highest BCUT2D eigenvalue weighted by molar-refractivity contribution is 5.23. The molecule has 0 aliphatic carbocycles. The summed E-state index contributed by atoms with van der Waals surface area (Å²) in [5.74, 6) is 2.52. The van der Waals surface area contributed by atoms with Gasteiger partial charge in [-0.2, -0.15) is 0 Å². The molecule has 0 N–H and O–H groups in total. The molecule has 0 saturated carbocycles. The first-order chi connectivity index (χ1) is 26.9. The van der Waals surface area contributed by atoms with Gasteiger partial charge in [0.25, 0.3) is 0 Å². The molecular weight excluding hydrogens is 697 g/mol. The lowest BCUT2D eigenvalue weighted by atomic mass is 9.90. The third kappa shape index (κ3) is 26.4. The molecular formula is C53H78N2O2. The molecule has 2 saturated heterocycles. The number of benzene rings is 3. The van der Waals surface area contributed by atoms with E-state index in [-0.39, 0.29) is 5.60 Å². The van der Waals surface area contributed by atoms with Crippen LogP contribution in [-0.2, 0) is 9.47 Å². The van der Waals surface area contributed by atoms with E-state index in [2.05, 4.69) is 165 Å². The predicted octanol–water partition coefficient (Wildman–Crippen LogP) is 14.2. The molecule has 2 aliphatic heterocycles. The van der Waals surface area contributed by atoms with Crippen molar-refractivity contribution in [2.75, 3.05) is 19.8 Å². The van der Waals surface area contributed by atoms with E-state index in [4.69, 9.17) is 9.47 Å². The third-order valence-electron chi connectivity index (χ3n) is 9.92. The van der Waals surface area contributed by atoms with Gasteiger partial charge in [-0.15, -0.1) is 0 Å². The second-order valence-electron chi connectivity index (χ2n) is 16.8. The van der Waals surface area contributed by atoms with Crippen molar-refractivity contribution in [3.8, 4) is 0 Å². The van der Waals surface area contributed by atoms with E-state index in [1.54, 1.807) is 0 Å². The van der Waals surface area contributed by atoms with Crippen LogP contribution in [0.5, 0.6) is 0 Å². The van der Waals surface area contributed by atoms with Crippen LogP contribution < -0.4 is 0 Å². The van der Waals surface area contributed by atoms with Crippen molar-refractivity contribution < 1.29 is 9.47 Å². The van der Waals surface area contributed by atoms with Crippen LogP contribution in [0, 0.1) is 87.0 Å². The van der Waals surface area contributed by atoms with E-state index in [1.807, 2.05) is 58.2 Å². The summed E-state index contributed by atoms with van der Waals surface area (Å²) in [4.78, 5) is 8.25. The summed E-state index contributed by atoms with van der Waals surface area (Å²) in [6.07, 6.45) is 5.58. The minimum atomic E-state index is 0.150. The van der Waals surface area contributed by atoms with E-state index < -0.39 is 0 Å².